The number of hydrogen-bond acceptors (Lipinski definition) is 7. The largest absolute Gasteiger partial charge is 0.493 e. The van der Waals surface area contributed by atoms with Crippen LogP contribution in [0.3, 0.4) is 0 Å². The normalized spacial score (nSPS) is 16.4. The molecule has 10 heteroatoms. The molecule has 2 heterocycles. The fourth-order valence-electron chi connectivity index (χ4n) is 2.57. The van der Waals surface area contributed by atoms with E-state index in [9.17, 15) is 13.0 Å². The number of ether oxygens (including phenoxy) is 3. The summed E-state index contributed by atoms with van der Waals surface area (Å²) in [5.74, 6) is 1.06. The summed E-state index contributed by atoms with van der Waals surface area (Å²) in [6.45, 7) is -2.90. The third-order valence-corrected chi connectivity index (χ3v) is 5.02. The monoisotopic (exact) mass is 385 g/mol. The maximum atomic E-state index is 12.7. The zero-order chi connectivity index (χ0) is 18.7. The van der Waals surface area contributed by atoms with Gasteiger partial charge in [-0.05, 0) is 12.1 Å². The summed E-state index contributed by atoms with van der Waals surface area (Å²) in [5, 5.41) is 6.05. The van der Waals surface area contributed by atoms with Crippen molar-refractivity contribution >= 4 is 22.2 Å². The minimum atomic E-state index is -2.90. The Kier molecular flexibility index (Phi) is 5.40. The lowest BCUT2D eigenvalue weighted by Crippen LogP contribution is -2.28. The highest BCUT2D eigenvalue weighted by molar-refractivity contribution is 7.85. The number of methoxy groups -OCH3 is 2. The van der Waals surface area contributed by atoms with Crippen LogP contribution in [0.1, 0.15) is 5.69 Å². The molecule has 1 aliphatic heterocycles. The smallest absolute Gasteiger partial charge is 0.387 e. The lowest BCUT2D eigenvalue weighted by Gasteiger charge is -2.14. The summed E-state index contributed by atoms with van der Waals surface area (Å²) in [6, 6.07) is 6.08. The average Bonchev–Trinajstić information content (AvgIpc) is 3.04. The van der Waals surface area contributed by atoms with Gasteiger partial charge in [-0.15, -0.1) is 0 Å². The van der Waals surface area contributed by atoms with Crippen LogP contribution < -0.4 is 24.8 Å². The minimum Gasteiger partial charge on any atom is -0.493 e. The van der Waals surface area contributed by atoms with Gasteiger partial charge in [0.1, 0.15) is 5.75 Å². The number of hydrogen-bond donors (Lipinski definition) is 2. The van der Waals surface area contributed by atoms with E-state index in [1.54, 1.807) is 18.3 Å². The maximum absolute atomic E-state index is 12.7. The summed E-state index contributed by atoms with van der Waals surface area (Å²) in [7, 11) is 1.57. The van der Waals surface area contributed by atoms with Gasteiger partial charge in [0, 0.05) is 18.3 Å². The Balaban J connectivity index is 1.72. The number of halogens is 2. The van der Waals surface area contributed by atoms with Crippen molar-refractivity contribution in [3.63, 3.8) is 0 Å². The molecule has 26 heavy (non-hydrogen) atoms. The van der Waals surface area contributed by atoms with Crippen LogP contribution in [0.5, 0.6) is 17.2 Å². The number of benzene rings is 1. The first-order valence-electron chi connectivity index (χ1n) is 7.56. The Morgan fingerprint density at radius 2 is 1.96 bits per heavy atom. The van der Waals surface area contributed by atoms with Gasteiger partial charge >= 0.3 is 6.61 Å². The van der Waals surface area contributed by atoms with Crippen molar-refractivity contribution in [3.8, 4) is 17.2 Å². The number of alkyl halides is 2. The SMILES string of the molecule is COc1ccnc(C[S@](=O)C2Nc3ccc(OC(F)F)cc3N2)c1OC. The van der Waals surface area contributed by atoms with Gasteiger partial charge in [-0.2, -0.15) is 8.78 Å². The number of aromatic nitrogens is 1. The van der Waals surface area contributed by atoms with Gasteiger partial charge in [-0.25, -0.2) is 0 Å². The zero-order valence-corrected chi connectivity index (χ0v) is 14.8. The van der Waals surface area contributed by atoms with Gasteiger partial charge in [-0.3, -0.25) is 9.19 Å². The molecule has 1 aromatic carbocycles. The topological polar surface area (TPSA) is 81.7 Å². The Morgan fingerprint density at radius 1 is 1.19 bits per heavy atom. The van der Waals surface area contributed by atoms with Gasteiger partial charge in [-0.1, -0.05) is 0 Å². The lowest BCUT2D eigenvalue weighted by atomic mass is 10.2. The number of nitrogens with one attached hydrogen (secondary N) is 2. The molecule has 0 bridgehead atoms. The van der Waals surface area contributed by atoms with E-state index in [0.717, 1.165) is 0 Å². The first kappa shape index (κ1) is 18.2. The van der Waals surface area contributed by atoms with Crippen LogP contribution in [0.2, 0.25) is 0 Å². The summed E-state index contributed by atoms with van der Waals surface area (Å²) in [6.07, 6.45) is 1.55. The Bertz CT molecular complexity index is 822. The van der Waals surface area contributed by atoms with E-state index < -0.39 is 22.9 Å². The Labute approximate surface area is 151 Å². The molecule has 0 amide bonds. The summed E-state index contributed by atoms with van der Waals surface area (Å²) in [5.41, 5.74) is 1.07. The van der Waals surface area contributed by atoms with Crippen LogP contribution in [0.25, 0.3) is 0 Å². The first-order chi connectivity index (χ1) is 12.5. The zero-order valence-electron chi connectivity index (χ0n) is 14.0. The third-order valence-electron chi connectivity index (χ3n) is 3.70. The molecule has 1 aromatic heterocycles. The van der Waals surface area contributed by atoms with Crippen LogP contribution >= 0.6 is 0 Å². The molecule has 2 atom stereocenters. The molecule has 0 spiro atoms. The molecule has 0 aliphatic carbocycles. The summed E-state index contributed by atoms with van der Waals surface area (Å²) in [4.78, 5) is 4.21. The van der Waals surface area contributed by atoms with Gasteiger partial charge in [0.05, 0.1) is 47.8 Å². The molecule has 0 saturated carbocycles. The molecule has 140 valence electrons. The van der Waals surface area contributed by atoms with E-state index in [4.69, 9.17) is 9.47 Å². The van der Waals surface area contributed by atoms with Crippen molar-refractivity contribution in [1.29, 1.82) is 0 Å². The van der Waals surface area contributed by atoms with Crippen molar-refractivity contribution in [2.75, 3.05) is 24.9 Å². The molecule has 0 fully saturated rings. The second-order valence-electron chi connectivity index (χ2n) is 5.27. The van der Waals surface area contributed by atoms with E-state index in [-0.39, 0.29) is 11.5 Å². The number of anilines is 2. The molecular weight excluding hydrogens is 368 g/mol. The second-order valence-corrected chi connectivity index (χ2v) is 6.79. The van der Waals surface area contributed by atoms with Crippen molar-refractivity contribution in [1.82, 2.24) is 4.98 Å². The molecule has 1 unspecified atom stereocenters. The van der Waals surface area contributed by atoms with Crippen molar-refractivity contribution in [3.05, 3.63) is 36.2 Å². The lowest BCUT2D eigenvalue weighted by molar-refractivity contribution is -0.0497. The van der Waals surface area contributed by atoms with Gasteiger partial charge in [0.15, 0.2) is 17.0 Å². The van der Waals surface area contributed by atoms with Crippen molar-refractivity contribution < 1.29 is 27.2 Å². The Morgan fingerprint density at radius 3 is 2.65 bits per heavy atom. The molecule has 0 radical (unpaired) electrons. The highest BCUT2D eigenvalue weighted by Gasteiger charge is 2.27. The molecule has 1 aliphatic rings. The van der Waals surface area contributed by atoms with Crippen molar-refractivity contribution in [2.24, 2.45) is 0 Å². The fraction of sp³-hybridized carbons (Fsp3) is 0.312. The highest BCUT2D eigenvalue weighted by atomic mass is 32.2. The minimum absolute atomic E-state index is 0.0237. The number of rotatable bonds is 7. The van der Waals surface area contributed by atoms with Crippen LogP contribution in [0, 0.1) is 0 Å². The van der Waals surface area contributed by atoms with E-state index in [1.165, 1.54) is 26.4 Å². The van der Waals surface area contributed by atoms with Gasteiger partial charge in [0.2, 0.25) is 0 Å². The molecule has 7 nitrogen and oxygen atoms in total. The number of nitrogens with zero attached hydrogens (tertiary/aromatic N) is 1. The second kappa shape index (κ2) is 7.73. The maximum Gasteiger partial charge on any atom is 0.387 e. The first-order valence-corrected chi connectivity index (χ1v) is 8.95. The quantitative estimate of drug-likeness (QED) is 0.758. The average molecular weight is 385 g/mol. The molecule has 2 N–H and O–H groups in total. The predicted octanol–water partition coefficient (Wildman–Crippen LogP) is 2.77. The van der Waals surface area contributed by atoms with E-state index >= 15 is 0 Å². The number of fused-ring (bicyclic) bond motifs is 1. The molecular formula is C16H17F2N3O4S. The molecule has 3 rings (SSSR count). The summed E-state index contributed by atoms with van der Waals surface area (Å²) < 4.78 is 52.2. The number of pyridine rings is 1. The molecule has 0 saturated heterocycles. The van der Waals surface area contributed by atoms with E-state index in [0.29, 0.717) is 28.6 Å². The predicted molar refractivity (Wildman–Crippen MR) is 93.3 cm³/mol. The van der Waals surface area contributed by atoms with E-state index in [2.05, 4.69) is 20.4 Å². The standard InChI is InChI=1S/C16H17F2N3O4S/c1-23-13-5-6-19-12(14(13)24-2)8-26(22)16-20-10-4-3-9(25-15(17)18)7-11(10)21-16/h3-7,15-16,20-21H,8H2,1-2H3/t16?,26-/m0/s1. The van der Waals surface area contributed by atoms with Crippen LogP contribution in [0.15, 0.2) is 30.5 Å². The third kappa shape index (κ3) is 3.79. The van der Waals surface area contributed by atoms with Crippen LogP contribution in [-0.2, 0) is 16.6 Å². The highest BCUT2D eigenvalue weighted by Crippen LogP contribution is 2.35. The summed E-state index contributed by atoms with van der Waals surface area (Å²) >= 11 is 0. The van der Waals surface area contributed by atoms with Crippen LogP contribution in [-0.4, -0.2) is 35.5 Å². The van der Waals surface area contributed by atoms with E-state index in [1.807, 2.05) is 0 Å². The van der Waals surface area contributed by atoms with Gasteiger partial charge < -0.3 is 24.8 Å². The fourth-order valence-corrected chi connectivity index (χ4v) is 3.72. The van der Waals surface area contributed by atoms with Crippen LogP contribution in [0.4, 0.5) is 20.2 Å². The Hall–Kier alpha value is -2.62. The van der Waals surface area contributed by atoms with Gasteiger partial charge in [0.25, 0.3) is 0 Å². The van der Waals surface area contributed by atoms with Crippen molar-refractivity contribution in [2.45, 2.75) is 17.9 Å². The molecule has 2 aromatic rings.